The fourth-order valence-electron chi connectivity index (χ4n) is 1.53. The lowest BCUT2D eigenvalue weighted by molar-refractivity contribution is 0.337. The first kappa shape index (κ1) is 16.2. The monoisotopic (exact) mass is 269 g/mol. The van der Waals surface area contributed by atoms with E-state index in [9.17, 15) is 8.42 Å². The molecule has 0 unspecified atom stereocenters. The van der Waals surface area contributed by atoms with Crippen LogP contribution in [0.5, 0.6) is 0 Å². The van der Waals surface area contributed by atoms with E-state index in [-0.39, 0.29) is 17.0 Å². The lowest BCUT2D eigenvalue weighted by atomic mass is 9.95. The summed E-state index contributed by atoms with van der Waals surface area (Å²) in [6.45, 7) is 6.60. The molecule has 0 amide bonds. The summed E-state index contributed by atoms with van der Waals surface area (Å²) in [5.41, 5.74) is -0.0302. The second-order valence-electron chi connectivity index (χ2n) is 4.14. The van der Waals surface area contributed by atoms with Crippen molar-refractivity contribution in [2.45, 2.75) is 45.6 Å². The molecule has 16 heavy (non-hydrogen) atoms. The van der Waals surface area contributed by atoms with Crippen molar-refractivity contribution < 1.29 is 8.42 Å². The highest BCUT2D eigenvalue weighted by molar-refractivity contribution is 7.91. The molecule has 3 nitrogen and oxygen atoms in total. The van der Waals surface area contributed by atoms with Gasteiger partial charge in [0.05, 0.1) is 5.75 Å². The van der Waals surface area contributed by atoms with Crippen LogP contribution in [0.25, 0.3) is 0 Å². The van der Waals surface area contributed by atoms with Crippen LogP contribution in [0.1, 0.15) is 40.0 Å². The van der Waals surface area contributed by atoms with Crippen molar-refractivity contribution in [2.24, 2.45) is 0 Å². The standard InChI is InChI=1S/C11H24ClNO2S/c1-4-11(5-2,10-12)13-8-7-9-16(14,15)6-3/h13H,4-10H2,1-3H3. The van der Waals surface area contributed by atoms with Gasteiger partial charge in [-0.3, -0.25) is 0 Å². The lowest BCUT2D eigenvalue weighted by Gasteiger charge is -2.30. The maximum absolute atomic E-state index is 11.3. The summed E-state index contributed by atoms with van der Waals surface area (Å²) in [7, 11) is -2.83. The fourth-order valence-corrected chi connectivity index (χ4v) is 2.87. The Labute approximate surface area is 105 Å². The molecule has 0 bridgehead atoms. The summed E-state index contributed by atoms with van der Waals surface area (Å²) in [6.07, 6.45) is 2.59. The summed E-state index contributed by atoms with van der Waals surface area (Å²) in [5.74, 6) is 1.07. The highest BCUT2D eigenvalue weighted by atomic mass is 35.5. The van der Waals surface area contributed by atoms with E-state index in [1.165, 1.54) is 0 Å². The van der Waals surface area contributed by atoms with Crippen molar-refractivity contribution in [2.75, 3.05) is 23.9 Å². The van der Waals surface area contributed by atoms with E-state index in [4.69, 9.17) is 11.6 Å². The normalized spacial score (nSPS) is 13.0. The van der Waals surface area contributed by atoms with E-state index in [0.29, 0.717) is 18.8 Å². The molecule has 0 aliphatic rings. The van der Waals surface area contributed by atoms with Crippen molar-refractivity contribution in [3.8, 4) is 0 Å². The average molecular weight is 270 g/mol. The second-order valence-corrected chi connectivity index (χ2v) is 6.88. The van der Waals surface area contributed by atoms with E-state index >= 15 is 0 Å². The Morgan fingerprint density at radius 1 is 1.19 bits per heavy atom. The average Bonchev–Trinajstić information content (AvgIpc) is 2.30. The van der Waals surface area contributed by atoms with E-state index in [1.807, 2.05) is 0 Å². The van der Waals surface area contributed by atoms with E-state index < -0.39 is 9.84 Å². The van der Waals surface area contributed by atoms with Gasteiger partial charge < -0.3 is 5.32 Å². The third-order valence-corrected chi connectivity index (χ3v) is 5.48. The van der Waals surface area contributed by atoms with E-state index in [2.05, 4.69) is 19.2 Å². The Balaban J connectivity index is 3.97. The van der Waals surface area contributed by atoms with Crippen molar-refractivity contribution in [3.63, 3.8) is 0 Å². The van der Waals surface area contributed by atoms with Crippen LogP contribution in [-0.2, 0) is 9.84 Å². The maximum atomic E-state index is 11.3. The Morgan fingerprint density at radius 2 is 1.75 bits per heavy atom. The Hall–Kier alpha value is 0.200. The van der Waals surface area contributed by atoms with Gasteiger partial charge in [-0.2, -0.15) is 0 Å². The molecule has 0 heterocycles. The van der Waals surface area contributed by atoms with Crippen LogP contribution in [0.2, 0.25) is 0 Å². The smallest absolute Gasteiger partial charge is 0.150 e. The molecule has 98 valence electrons. The van der Waals surface area contributed by atoms with E-state index in [1.54, 1.807) is 6.92 Å². The molecular formula is C11H24ClNO2S. The van der Waals surface area contributed by atoms with Gasteiger partial charge in [0.2, 0.25) is 0 Å². The topological polar surface area (TPSA) is 46.2 Å². The van der Waals surface area contributed by atoms with Gasteiger partial charge in [0.1, 0.15) is 9.84 Å². The van der Waals surface area contributed by atoms with Gasteiger partial charge in [-0.25, -0.2) is 8.42 Å². The first-order valence-electron chi connectivity index (χ1n) is 5.96. The highest BCUT2D eigenvalue weighted by Gasteiger charge is 2.23. The third kappa shape index (κ3) is 5.51. The molecule has 0 saturated carbocycles. The molecule has 0 aromatic heterocycles. The van der Waals surface area contributed by atoms with Crippen LogP contribution in [-0.4, -0.2) is 37.9 Å². The Morgan fingerprint density at radius 3 is 2.12 bits per heavy atom. The molecular weight excluding hydrogens is 246 g/mol. The summed E-state index contributed by atoms with van der Waals surface area (Å²) < 4.78 is 22.6. The zero-order valence-electron chi connectivity index (χ0n) is 10.6. The van der Waals surface area contributed by atoms with Crippen LogP contribution >= 0.6 is 11.6 Å². The van der Waals surface area contributed by atoms with E-state index in [0.717, 1.165) is 12.8 Å². The van der Waals surface area contributed by atoms with Gasteiger partial charge in [-0.15, -0.1) is 11.6 Å². The van der Waals surface area contributed by atoms with Gasteiger partial charge in [-0.05, 0) is 25.8 Å². The molecule has 0 aromatic rings. The maximum Gasteiger partial charge on any atom is 0.150 e. The minimum Gasteiger partial charge on any atom is -0.310 e. The van der Waals surface area contributed by atoms with Crippen LogP contribution in [0.4, 0.5) is 0 Å². The zero-order chi connectivity index (χ0) is 12.7. The molecule has 0 rings (SSSR count). The molecule has 5 heteroatoms. The van der Waals surface area contributed by atoms with Gasteiger partial charge in [0.15, 0.2) is 0 Å². The van der Waals surface area contributed by atoms with Crippen molar-refractivity contribution in [3.05, 3.63) is 0 Å². The largest absolute Gasteiger partial charge is 0.310 e. The summed E-state index contributed by atoms with van der Waals surface area (Å²) in [6, 6.07) is 0. The second kappa shape index (κ2) is 7.51. The fraction of sp³-hybridized carbons (Fsp3) is 1.00. The number of rotatable bonds is 9. The van der Waals surface area contributed by atoms with Gasteiger partial charge in [0, 0.05) is 17.2 Å². The van der Waals surface area contributed by atoms with Crippen molar-refractivity contribution in [1.82, 2.24) is 5.32 Å². The summed E-state index contributed by atoms with van der Waals surface area (Å²) in [5, 5.41) is 3.38. The molecule has 0 saturated heterocycles. The van der Waals surface area contributed by atoms with Crippen LogP contribution < -0.4 is 5.32 Å². The molecule has 0 atom stereocenters. The van der Waals surface area contributed by atoms with Gasteiger partial charge in [0.25, 0.3) is 0 Å². The minimum atomic E-state index is -2.83. The van der Waals surface area contributed by atoms with Crippen LogP contribution in [0.15, 0.2) is 0 Å². The first-order valence-corrected chi connectivity index (χ1v) is 8.32. The Bertz CT molecular complexity index is 265. The number of hydrogen-bond acceptors (Lipinski definition) is 3. The van der Waals surface area contributed by atoms with Gasteiger partial charge >= 0.3 is 0 Å². The third-order valence-electron chi connectivity index (χ3n) is 3.18. The van der Waals surface area contributed by atoms with Crippen molar-refractivity contribution in [1.29, 1.82) is 0 Å². The predicted molar refractivity (Wildman–Crippen MR) is 71.0 cm³/mol. The number of sulfone groups is 1. The number of alkyl halides is 1. The quantitative estimate of drug-likeness (QED) is 0.516. The molecule has 1 N–H and O–H groups in total. The van der Waals surface area contributed by atoms with Crippen LogP contribution in [0, 0.1) is 0 Å². The summed E-state index contributed by atoms with van der Waals surface area (Å²) >= 11 is 5.94. The highest BCUT2D eigenvalue weighted by Crippen LogP contribution is 2.16. The minimum absolute atomic E-state index is 0.0302. The lowest BCUT2D eigenvalue weighted by Crippen LogP contribution is -2.46. The predicted octanol–water partition coefficient (Wildman–Crippen LogP) is 2.20. The molecule has 0 fully saturated rings. The number of nitrogens with one attached hydrogen (secondary N) is 1. The molecule has 0 spiro atoms. The SMILES string of the molecule is CCC(CC)(CCl)NCCCS(=O)(=O)CC. The zero-order valence-corrected chi connectivity index (χ0v) is 12.1. The molecule has 0 aromatic carbocycles. The number of halogens is 1. The first-order chi connectivity index (χ1) is 7.45. The Kier molecular flexibility index (Phi) is 7.61. The van der Waals surface area contributed by atoms with Gasteiger partial charge in [-0.1, -0.05) is 20.8 Å². The van der Waals surface area contributed by atoms with Crippen molar-refractivity contribution >= 4 is 21.4 Å². The molecule has 0 aliphatic heterocycles. The molecule has 0 aliphatic carbocycles. The summed E-state index contributed by atoms with van der Waals surface area (Å²) in [4.78, 5) is 0. The molecule has 0 radical (unpaired) electrons. The van der Waals surface area contributed by atoms with Crippen LogP contribution in [0.3, 0.4) is 0 Å². The number of hydrogen-bond donors (Lipinski definition) is 1.